The third-order valence-electron chi connectivity index (χ3n) is 2.44. The second kappa shape index (κ2) is 7.80. The lowest BCUT2D eigenvalue weighted by atomic mass is 10.3. The van der Waals surface area contributed by atoms with Gasteiger partial charge in [-0.3, -0.25) is 0 Å². The quantitative estimate of drug-likeness (QED) is 0.703. The van der Waals surface area contributed by atoms with Gasteiger partial charge in [0.25, 0.3) is 0 Å². The van der Waals surface area contributed by atoms with Crippen LogP contribution in [0.4, 0.5) is 0 Å². The molecule has 0 aliphatic carbocycles. The average molecular weight is 240 g/mol. The summed E-state index contributed by atoms with van der Waals surface area (Å²) in [7, 11) is 0. The van der Waals surface area contributed by atoms with Gasteiger partial charge in [0.05, 0.1) is 0 Å². The number of hydrogen-bond donors (Lipinski definition) is 1. The van der Waals surface area contributed by atoms with Crippen LogP contribution in [0.25, 0.3) is 0 Å². The molecule has 3 heteroatoms. The monoisotopic (exact) mass is 240 g/mol. The minimum atomic E-state index is 0.560. The van der Waals surface area contributed by atoms with Crippen LogP contribution < -0.4 is 5.32 Å². The van der Waals surface area contributed by atoms with Crippen LogP contribution >= 0.6 is 11.8 Å². The van der Waals surface area contributed by atoms with Crippen molar-refractivity contribution in [2.75, 3.05) is 11.5 Å². The molecule has 16 heavy (non-hydrogen) atoms. The third-order valence-corrected chi connectivity index (χ3v) is 3.42. The number of hydrogen-bond acceptors (Lipinski definition) is 2. The van der Waals surface area contributed by atoms with Crippen molar-refractivity contribution in [3.63, 3.8) is 0 Å². The fraction of sp³-hybridized carbons (Fsp3) is 0.692. The Labute approximate surface area is 104 Å². The van der Waals surface area contributed by atoms with E-state index >= 15 is 0 Å². The SMILES string of the molecule is CCSCCCn1ccc(CNC(C)C)c1. The molecule has 0 fully saturated rings. The molecule has 0 spiro atoms. The molecule has 0 radical (unpaired) electrons. The van der Waals surface area contributed by atoms with Gasteiger partial charge in [0.2, 0.25) is 0 Å². The Balaban J connectivity index is 2.22. The fourth-order valence-electron chi connectivity index (χ4n) is 1.55. The van der Waals surface area contributed by atoms with E-state index in [1.165, 1.54) is 23.5 Å². The minimum absolute atomic E-state index is 0.560. The first-order valence-corrected chi connectivity index (χ1v) is 7.33. The standard InChI is InChI=1S/C13H24N2S/c1-4-16-9-5-7-15-8-6-13(11-15)10-14-12(2)3/h6,8,11-12,14H,4-5,7,9-10H2,1-3H3. The van der Waals surface area contributed by atoms with Crippen molar-refractivity contribution in [3.8, 4) is 0 Å². The zero-order valence-electron chi connectivity index (χ0n) is 10.7. The normalized spacial score (nSPS) is 11.2. The second-order valence-corrected chi connectivity index (χ2v) is 5.74. The summed E-state index contributed by atoms with van der Waals surface area (Å²) in [5.41, 5.74) is 1.39. The first-order chi connectivity index (χ1) is 7.72. The van der Waals surface area contributed by atoms with Crippen molar-refractivity contribution in [2.45, 2.75) is 46.3 Å². The summed E-state index contributed by atoms with van der Waals surface area (Å²) in [5, 5.41) is 3.43. The van der Waals surface area contributed by atoms with Gasteiger partial charge in [-0.1, -0.05) is 20.8 Å². The van der Waals surface area contributed by atoms with Crippen molar-refractivity contribution in [3.05, 3.63) is 24.0 Å². The molecule has 0 amide bonds. The molecule has 1 aromatic heterocycles. The molecule has 2 nitrogen and oxygen atoms in total. The van der Waals surface area contributed by atoms with E-state index in [-0.39, 0.29) is 0 Å². The fourth-order valence-corrected chi connectivity index (χ4v) is 2.17. The van der Waals surface area contributed by atoms with Crippen molar-refractivity contribution in [1.29, 1.82) is 0 Å². The molecule has 0 saturated heterocycles. The Morgan fingerprint density at radius 1 is 1.44 bits per heavy atom. The molecule has 1 aromatic rings. The van der Waals surface area contributed by atoms with Crippen LogP contribution in [0.15, 0.2) is 18.5 Å². The maximum absolute atomic E-state index is 3.43. The van der Waals surface area contributed by atoms with Crippen LogP contribution in [0.5, 0.6) is 0 Å². The van der Waals surface area contributed by atoms with Crippen LogP contribution in [0.1, 0.15) is 32.8 Å². The van der Waals surface area contributed by atoms with E-state index in [2.05, 4.69) is 49.1 Å². The number of aryl methyl sites for hydroxylation is 1. The van der Waals surface area contributed by atoms with Crippen molar-refractivity contribution >= 4 is 11.8 Å². The summed E-state index contributed by atoms with van der Waals surface area (Å²) in [6.07, 6.45) is 5.71. The van der Waals surface area contributed by atoms with E-state index in [1.54, 1.807) is 0 Å². The smallest absolute Gasteiger partial charge is 0.0227 e. The van der Waals surface area contributed by atoms with Crippen LogP contribution in [0.2, 0.25) is 0 Å². The van der Waals surface area contributed by atoms with Crippen LogP contribution in [-0.4, -0.2) is 22.1 Å². The number of nitrogens with one attached hydrogen (secondary N) is 1. The highest BCUT2D eigenvalue weighted by Gasteiger charge is 1.98. The Morgan fingerprint density at radius 2 is 2.25 bits per heavy atom. The summed E-state index contributed by atoms with van der Waals surface area (Å²) in [6, 6.07) is 2.77. The van der Waals surface area contributed by atoms with Crippen molar-refractivity contribution < 1.29 is 0 Å². The predicted octanol–water partition coefficient (Wildman–Crippen LogP) is 3.13. The van der Waals surface area contributed by atoms with Gasteiger partial charge in [-0.05, 0) is 29.6 Å². The molecule has 0 unspecified atom stereocenters. The van der Waals surface area contributed by atoms with Crippen LogP contribution in [0.3, 0.4) is 0 Å². The van der Waals surface area contributed by atoms with E-state index in [9.17, 15) is 0 Å². The molecule has 92 valence electrons. The van der Waals surface area contributed by atoms with E-state index in [4.69, 9.17) is 0 Å². The van der Waals surface area contributed by atoms with Gasteiger partial charge >= 0.3 is 0 Å². The van der Waals surface area contributed by atoms with Gasteiger partial charge < -0.3 is 9.88 Å². The predicted molar refractivity (Wildman–Crippen MR) is 74.0 cm³/mol. The lowest BCUT2D eigenvalue weighted by Crippen LogP contribution is -2.21. The molecular weight excluding hydrogens is 216 g/mol. The Hall–Kier alpha value is -0.410. The average Bonchev–Trinajstić information content (AvgIpc) is 2.70. The number of nitrogens with zero attached hydrogens (tertiary/aromatic N) is 1. The summed E-state index contributed by atoms with van der Waals surface area (Å²) in [6.45, 7) is 8.71. The topological polar surface area (TPSA) is 17.0 Å². The maximum Gasteiger partial charge on any atom is 0.0227 e. The minimum Gasteiger partial charge on any atom is -0.354 e. The maximum atomic E-state index is 3.43. The zero-order chi connectivity index (χ0) is 11.8. The molecule has 0 bridgehead atoms. The largest absolute Gasteiger partial charge is 0.354 e. The summed E-state index contributed by atoms with van der Waals surface area (Å²) in [4.78, 5) is 0. The Morgan fingerprint density at radius 3 is 2.94 bits per heavy atom. The summed E-state index contributed by atoms with van der Waals surface area (Å²) in [5.74, 6) is 2.50. The van der Waals surface area contributed by atoms with Gasteiger partial charge in [-0.2, -0.15) is 11.8 Å². The molecule has 1 N–H and O–H groups in total. The molecule has 0 aliphatic rings. The molecule has 0 saturated carbocycles. The van der Waals surface area contributed by atoms with Gasteiger partial charge in [-0.15, -0.1) is 0 Å². The molecule has 0 aliphatic heterocycles. The van der Waals surface area contributed by atoms with Gasteiger partial charge in [-0.25, -0.2) is 0 Å². The highest BCUT2D eigenvalue weighted by molar-refractivity contribution is 7.99. The third kappa shape index (κ3) is 5.61. The first kappa shape index (κ1) is 13.7. The molecular formula is C13H24N2S. The van der Waals surface area contributed by atoms with Crippen molar-refractivity contribution in [1.82, 2.24) is 9.88 Å². The van der Waals surface area contributed by atoms with E-state index < -0.39 is 0 Å². The second-order valence-electron chi connectivity index (χ2n) is 4.34. The van der Waals surface area contributed by atoms with Gasteiger partial charge in [0, 0.05) is 31.5 Å². The lowest BCUT2D eigenvalue weighted by molar-refractivity contribution is 0.587. The number of aromatic nitrogens is 1. The van der Waals surface area contributed by atoms with Crippen molar-refractivity contribution in [2.24, 2.45) is 0 Å². The molecule has 0 aromatic carbocycles. The first-order valence-electron chi connectivity index (χ1n) is 6.18. The van der Waals surface area contributed by atoms with Crippen LogP contribution in [-0.2, 0) is 13.1 Å². The van der Waals surface area contributed by atoms with E-state index in [1.807, 2.05) is 11.8 Å². The van der Waals surface area contributed by atoms with E-state index in [0.717, 1.165) is 13.1 Å². The van der Waals surface area contributed by atoms with Gasteiger partial charge in [0.1, 0.15) is 0 Å². The summed E-state index contributed by atoms with van der Waals surface area (Å²) < 4.78 is 2.30. The molecule has 1 rings (SSSR count). The molecule has 0 atom stereocenters. The van der Waals surface area contributed by atoms with Gasteiger partial charge in [0.15, 0.2) is 0 Å². The Kier molecular flexibility index (Phi) is 6.65. The van der Waals surface area contributed by atoms with E-state index in [0.29, 0.717) is 6.04 Å². The number of rotatable bonds is 8. The number of thioether (sulfide) groups is 1. The highest BCUT2D eigenvalue weighted by atomic mass is 32.2. The Bertz CT molecular complexity index is 281. The summed E-state index contributed by atoms with van der Waals surface area (Å²) >= 11 is 2.02. The highest BCUT2D eigenvalue weighted by Crippen LogP contribution is 2.06. The lowest BCUT2D eigenvalue weighted by Gasteiger charge is -2.06. The molecule has 1 heterocycles. The van der Waals surface area contributed by atoms with Crippen LogP contribution in [0, 0.1) is 0 Å². The zero-order valence-corrected chi connectivity index (χ0v) is 11.5.